The van der Waals surface area contributed by atoms with E-state index in [1.54, 1.807) is 43.2 Å². The van der Waals surface area contributed by atoms with E-state index < -0.39 is 0 Å². The molecule has 0 aliphatic carbocycles. The van der Waals surface area contributed by atoms with Gasteiger partial charge in [-0.1, -0.05) is 0 Å². The third kappa shape index (κ3) is 2.50. The van der Waals surface area contributed by atoms with Crippen LogP contribution in [0.25, 0.3) is 0 Å². The van der Waals surface area contributed by atoms with Crippen molar-refractivity contribution in [3.63, 3.8) is 0 Å². The summed E-state index contributed by atoms with van der Waals surface area (Å²) in [6.45, 7) is 0. The standard InChI is InChI=1S/C12H14N2O3/c1-14-7-6-12(13-14)17-10-5-4-9(15-2)8-11(10)16-3/h4-8H,1-3H3. The van der Waals surface area contributed by atoms with Crippen molar-refractivity contribution in [2.45, 2.75) is 0 Å². The van der Waals surface area contributed by atoms with Crippen LogP contribution >= 0.6 is 0 Å². The van der Waals surface area contributed by atoms with Gasteiger partial charge in [-0.25, -0.2) is 0 Å². The molecule has 0 saturated carbocycles. The Morgan fingerprint density at radius 2 is 1.88 bits per heavy atom. The Labute approximate surface area is 99.5 Å². The zero-order chi connectivity index (χ0) is 12.3. The summed E-state index contributed by atoms with van der Waals surface area (Å²) in [7, 11) is 5.02. The minimum absolute atomic E-state index is 0.524. The normalized spacial score (nSPS) is 10.1. The number of methoxy groups -OCH3 is 2. The zero-order valence-electron chi connectivity index (χ0n) is 10.0. The number of nitrogens with zero attached hydrogens (tertiary/aromatic N) is 2. The van der Waals surface area contributed by atoms with Crippen LogP contribution in [0.15, 0.2) is 30.5 Å². The van der Waals surface area contributed by atoms with E-state index in [1.165, 1.54) is 0 Å². The second-order valence-electron chi connectivity index (χ2n) is 3.45. The molecule has 0 saturated heterocycles. The van der Waals surface area contributed by atoms with Crippen molar-refractivity contribution in [1.29, 1.82) is 0 Å². The maximum absolute atomic E-state index is 5.61. The van der Waals surface area contributed by atoms with Gasteiger partial charge in [0.1, 0.15) is 5.75 Å². The van der Waals surface area contributed by atoms with E-state index in [4.69, 9.17) is 14.2 Å². The fraction of sp³-hybridized carbons (Fsp3) is 0.250. The number of hydrogen-bond acceptors (Lipinski definition) is 4. The number of rotatable bonds is 4. The minimum atomic E-state index is 0.524. The summed E-state index contributed by atoms with van der Waals surface area (Å²) >= 11 is 0. The van der Waals surface area contributed by atoms with E-state index in [9.17, 15) is 0 Å². The van der Waals surface area contributed by atoms with Gasteiger partial charge in [0.05, 0.1) is 14.2 Å². The molecule has 2 aromatic rings. The summed E-state index contributed by atoms with van der Waals surface area (Å²) < 4.78 is 17.6. The summed E-state index contributed by atoms with van der Waals surface area (Å²) in [5.74, 6) is 2.45. The second-order valence-corrected chi connectivity index (χ2v) is 3.45. The molecule has 0 atom stereocenters. The molecule has 2 rings (SSSR count). The average molecular weight is 234 g/mol. The highest BCUT2D eigenvalue weighted by Gasteiger charge is 2.08. The molecule has 17 heavy (non-hydrogen) atoms. The highest BCUT2D eigenvalue weighted by atomic mass is 16.5. The summed E-state index contributed by atoms with van der Waals surface area (Å²) in [5, 5.41) is 4.13. The summed E-state index contributed by atoms with van der Waals surface area (Å²) in [5.41, 5.74) is 0. The molecule has 0 N–H and O–H groups in total. The van der Waals surface area contributed by atoms with E-state index in [0.29, 0.717) is 17.4 Å². The van der Waals surface area contributed by atoms with Crippen LogP contribution in [-0.2, 0) is 7.05 Å². The first-order valence-corrected chi connectivity index (χ1v) is 5.12. The highest BCUT2D eigenvalue weighted by molar-refractivity contribution is 5.46. The number of hydrogen-bond donors (Lipinski definition) is 0. The predicted molar refractivity (Wildman–Crippen MR) is 62.8 cm³/mol. The van der Waals surface area contributed by atoms with Gasteiger partial charge in [-0.3, -0.25) is 4.68 Å². The van der Waals surface area contributed by atoms with Crippen LogP contribution in [0.3, 0.4) is 0 Å². The van der Waals surface area contributed by atoms with Crippen LogP contribution < -0.4 is 14.2 Å². The van der Waals surface area contributed by atoms with Crippen molar-refractivity contribution in [3.05, 3.63) is 30.5 Å². The molecule has 5 heteroatoms. The first-order valence-electron chi connectivity index (χ1n) is 5.12. The fourth-order valence-electron chi connectivity index (χ4n) is 1.42. The van der Waals surface area contributed by atoms with Crippen molar-refractivity contribution in [3.8, 4) is 23.1 Å². The SMILES string of the molecule is COc1ccc(Oc2ccn(C)n2)c(OC)c1. The van der Waals surface area contributed by atoms with E-state index in [2.05, 4.69) is 5.10 Å². The van der Waals surface area contributed by atoms with Crippen molar-refractivity contribution in [2.24, 2.45) is 7.05 Å². The molecule has 1 heterocycles. The molecular formula is C12H14N2O3. The van der Waals surface area contributed by atoms with Crippen molar-refractivity contribution >= 4 is 0 Å². The molecule has 0 fully saturated rings. The summed E-state index contributed by atoms with van der Waals surface area (Å²) in [6.07, 6.45) is 1.81. The smallest absolute Gasteiger partial charge is 0.238 e. The molecule has 0 radical (unpaired) electrons. The summed E-state index contributed by atoms with van der Waals surface area (Å²) in [4.78, 5) is 0. The number of benzene rings is 1. The van der Waals surface area contributed by atoms with Crippen LogP contribution in [0.5, 0.6) is 23.1 Å². The quantitative estimate of drug-likeness (QED) is 0.813. The van der Waals surface area contributed by atoms with E-state index >= 15 is 0 Å². The Hall–Kier alpha value is -2.17. The van der Waals surface area contributed by atoms with Gasteiger partial charge >= 0.3 is 0 Å². The number of ether oxygens (including phenoxy) is 3. The van der Waals surface area contributed by atoms with Gasteiger partial charge in [-0.05, 0) is 12.1 Å². The fourth-order valence-corrected chi connectivity index (χ4v) is 1.42. The largest absolute Gasteiger partial charge is 0.497 e. The maximum atomic E-state index is 5.61. The van der Waals surface area contributed by atoms with Crippen LogP contribution in [0, 0.1) is 0 Å². The van der Waals surface area contributed by atoms with Crippen LogP contribution in [-0.4, -0.2) is 24.0 Å². The molecule has 0 aliphatic rings. The maximum Gasteiger partial charge on any atom is 0.238 e. The number of aromatic nitrogens is 2. The van der Waals surface area contributed by atoms with Gasteiger partial charge in [-0.15, -0.1) is 5.10 Å². The van der Waals surface area contributed by atoms with Gasteiger partial charge in [0.2, 0.25) is 5.88 Å². The van der Waals surface area contributed by atoms with Crippen molar-refractivity contribution in [2.75, 3.05) is 14.2 Å². The molecule has 0 unspecified atom stereocenters. The lowest BCUT2D eigenvalue weighted by molar-refractivity contribution is 0.364. The molecule has 0 aliphatic heterocycles. The summed E-state index contributed by atoms with van der Waals surface area (Å²) in [6, 6.07) is 7.13. The third-order valence-electron chi connectivity index (χ3n) is 2.27. The molecule has 90 valence electrons. The molecular weight excluding hydrogens is 220 g/mol. The Bertz CT molecular complexity index is 508. The molecule has 0 bridgehead atoms. The van der Waals surface area contributed by atoms with Crippen molar-refractivity contribution in [1.82, 2.24) is 9.78 Å². The Morgan fingerprint density at radius 3 is 2.47 bits per heavy atom. The van der Waals surface area contributed by atoms with E-state index in [0.717, 1.165) is 5.75 Å². The van der Waals surface area contributed by atoms with Crippen LogP contribution in [0.1, 0.15) is 0 Å². The first-order chi connectivity index (χ1) is 8.22. The zero-order valence-corrected chi connectivity index (χ0v) is 10.0. The topological polar surface area (TPSA) is 45.5 Å². The van der Waals surface area contributed by atoms with E-state index in [1.807, 2.05) is 13.2 Å². The Balaban J connectivity index is 2.26. The van der Waals surface area contributed by atoms with Gasteiger partial charge in [-0.2, -0.15) is 0 Å². The minimum Gasteiger partial charge on any atom is -0.497 e. The van der Waals surface area contributed by atoms with Gasteiger partial charge < -0.3 is 14.2 Å². The molecule has 0 spiro atoms. The van der Waals surface area contributed by atoms with Crippen LogP contribution in [0.4, 0.5) is 0 Å². The van der Waals surface area contributed by atoms with Gasteiger partial charge in [0, 0.05) is 25.4 Å². The lowest BCUT2D eigenvalue weighted by atomic mass is 10.3. The number of aryl methyl sites for hydroxylation is 1. The second kappa shape index (κ2) is 4.78. The van der Waals surface area contributed by atoms with Gasteiger partial charge in [0.15, 0.2) is 11.5 Å². The Morgan fingerprint density at radius 1 is 1.06 bits per heavy atom. The predicted octanol–water partition coefficient (Wildman–Crippen LogP) is 2.23. The third-order valence-corrected chi connectivity index (χ3v) is 2.27. The molecule has 1 aromatic heterocycles. The molecule has 1 aromatic carbocycles. The van der Waals surface area contributed by atoms with Crippen LogP contribution in [0.2, 0.25) is 0 Å². The Kier molecular flexibility index (Phi) is 3.18. The van der Waals surface area contributed by atoms with Gasteiger partial charge in [0.25, 0.3) is 0 Å². The lowest BCUT2D eigenvalue weighted by Crippen LogP contribution is -1.93. The van der Waals surface area contributed by atoms with Crippen molar-refractivity contribution < 1.29 is 14.2 Å². The average Bonchev–Trinajstić information content (AvgIpc) is 2.75. The monoisotopic (exact) mass is 234 g/mol. The molecule has 0 amide bonds. The highest BCUT2D eigenvalue weighted by Crippen LogP contribution is 2.33. The first kappa shape index (κ1) is 11.3. The lowest BCUT2D eigenvalue weighted by Gasteiger charge is -2.09. The molecule has 5 nitrogen and oxygen atoms in total. The van der Waals surface area contributed by atoms with E-state index in [-0.39, 0.29) is 0 Å².